The van der Waals surface area contributed by atoms with Crippen molar-refractivity contribution in [1.82, 2.24) is 0 Å². The lowest BCUT2D eigenvalue weighted by atomic mass is 9.94. The van der Waals surface area contributed by atoms with Crippen LogP contribution in [0.3, 0.4) is 0 Å². The third-order valence-corrected chi connectivity index (χ3v) is 3.98. The Labute approximate surface area is 140 Å². The molecular weight excluding hydrogens is 306 g/mol. The number of hydrogen-bond acceptors (Lipinski definition) is 5. The molecule has 3 rings (SSSR count). The van der Waals surface area contributed by atoms with Crippen LogP contribution in [0.2, 0.25) is 0 Å². The van der Waals surface area contributed by atoms with Crippen molar-refractivity contribution in [1.29, 1.82) is 0 Å². The van der Waals surface area contributed by atoms with Crippen LogP contribution in [-0.2, 0) is 9.57 Å². The predicted octanol–water partition coefficient (Wildman–Crippen LogP) is 3.66. The number of oxime groups is 1. The van der Waals surface area contributed by atoms with Gasteiger partial charge in [-0.1, -0.05) is 23.4 Å². The largest absolute Gasteiger partial charge is 0.485 e. The first-order valence-corrected chi connectivity index (χ1v) is 7.68. The van der Waals surface area contributed by atoms with Gasteiger partial charge >= 0.3 is 5.97 Å². The van der Waals surface area contributed by atoms with Crippen LogP contribution in [0.4, 0.5) is 0 Å². The van der Waals surface area contributed by atoms with Gasteiger partial charge in [-0.15, -0.1) is 0 Å². The minimum Gasteiger partial charge on any atom is -0.485 e. The van der Waals surface area contributed by atoms with Crippen molar-refractivity contribution in [3.05, 3.63) is 64.7 Å². The average molecular weight is 325 g/mol. The number of benzene rings is 2. The van der Waals surface area contributed by atoms with Crippen LogP contribution in [0.5, 0.6) is 5.75 Å². The van der Waals surface area contributed by atoms with Gasteiger partial charge in [0, 0.05) is 12.0 Å². The Bertz CT molecular complexity index is 798. The maximum absolute atomic E-state index is 11.8. The minimum absolute atomic E-state index is 0.238. The van der Waals surface area contributed by atoms with Crippen molar-refractivity contribution < 1.29 is 19.1 Å². The van der Waals surface area contributed by atoms with E-state index in [0.29, 0.717) is 12.0 Å². The number of fused-ring (bicyclic) bond motifs is 1. The lowest BCUT2D eigenvalue weighted by Crippen LogP contribution is -2.21. The van der Waals surface area contributed by atoms with Gasteiger partial charge in [-0.25, -0.2) is 4.79 Å². The third kappa shape index (κ3) is 3.11. The molecule has 124 valence electrons. The first-order chi connectivity index (χ1) is 11.6. The van der Waals surface area contributed by atoms with Gasteiger partial charge in [0.25, 0.3) is 0 Å². The van der Waals surface area contributed by atoms with Crippen LogP contribution in [0.1, 0.15) is 39.6 Å². The number of esters is 1. The van der Waals surface area contributed by atoms with Gasteiger partial charge in [0.15, 0.2) is 0 Å². The Balaban J connectivity index is 1.99. The van der Waals surface area contributed by atoms with E-state index in [4.69, 9.17) is 14.3 Å². The molecule has 0 amide bonds. The lowest BCUT2D eigenvalue weighted by Gasteiger charge is -2.27. The molecule has 0 saturated heterocycles. The van der Waals surface area contributed by atoms with Gasteiger partial charge in [-0.3, -0.25) is 0 Å². The topological polar surface area (TPSA) is 57.1 Å². The predicted molar refractivity (Wildman–Crippen MR) is 90.5 cm³/mol. The van der Waals surface area contributed by atoms with Crippen LogP contribution in [0, 0.1) is 6.92 Å². The van der Waals surface area contributed by atoms with Gasteiger partial charge in [-0.2, -0.15) is 0 Å². The zero-order chi connectivity index (χ0) is 17.1. The van der Waals surface area contributed by atoms with E-state index in [-0.39, 0.29) is 12.1 Å². The Morgan fingerprint density at radius 1 is 1.21 bits per heavy atom. The average Bonchev–Trinajstić information content (AvgIpc) is 2.61. The standard InChI is InChI=1S/C19H19NO4/c1-12-7-8-15-16(20-23-3)11-17(24-18(15)9-12)13-5-4-6-14(10-13)19(21)22-2/h4-10,17H,11H2,1-3H3. The molecule has 0 fully saturated rings. The second-order valence-corrected chi connectivity index (χ2v) is 5.65. The zero-order valence-electron chi connectivity index (χ0n) is 13.9. The molecule has 1 aliphatic heterocycles. The summed E-state index contributed by atoms with van der Waals surface area (Å²) in [5, 5.41) is 4.15. The Hall–Kier alpha value is -2.82. The lowest BCUT2D eigenvalue weighted by molar-refractivity contribution is 0.0600. The first-order valence-electron chi connectivity index (χ1n) is 7.68. The molecule has 0 spiro atoms. The van der Waals surface area contributed by atoms with E-state index in [9.17, 15) is 4.79 Å². The number of carbonyl (C=O) groups excluding carboxylic acids is 1. The molecule has 0 radical (unpaired) electrons. The summed E-state index contributed by atoms with van der Waals surface area (Å²) in [4.78, 5) is 16.7. The first kappa shape index (κ1) is 16.1. The molecule has 2 aromatic rings. The maximum atomic E-state index is 11.8. The van der Waals surface area contributed by atoms with E-state index < -0.39 is 0 Å². The highest BCUT2D eigenvalue weighted by atomic mass is 16.6. The molecule has 0 aromatic heterocycles. The number of methoxy groups -OCH3 is 1. The summed E-state index contributed by atoms with van der Waals surface area (Å²) in [7, 11) is 2.90. The molecule has 0 aliphatic carbocycles. The summed E-state index contributed by atoms with van der Waals surface area (Å²) in [5.41, 5.74) is 4.26. The van der Waals surface area contributed by atoms with Gasteiger partial charge in [0.2, 0.25) is 0 Å². The molecular formula is C19H19NO4. The molecule has 0 N–H and O–H groups in total. The van der Waals surface area contributed by atoms with E-state index in [0.717, 1.165) is 28.2 Å². The Morgan fingerprint density at radius 3 is 2.79 bits per heavy atom. The fourth-order valence-corrected chi connectivity index (χ4v) is 2.81. The van der Waals surface area contributed by atoms with Crippen LogP contribution in [0.15, 0.2) is 47.6 Å². The summed E-state index contributed by atoms with van der Waals surface area (Å²) < 4.78 is 10.9. The number of aryl methyl sites for hydroxylation is 1. The maximum Gasteiger partial charge on any atom is 0.337 e. The second-order valence-electron chi connectivity index (χ2n) is 5.65. The second kappa shape index (κ2) is 6.74. The van der Waals surface area contributed by atoms with Gasteiger partial charge < -0.3 is 14.3 Å². The van der Waals surface area contributed by atoms with Crippen molar-refractivity contribution in [2.24, 2.45) is 5.16 Å². The highest BCUT2D eigenvalue weighted by Gasteiger charge is 2.27. The molecule has 2 aromatic carbocycles. The van der Waals surface area contributed by atoms with E-state index in [1.165, 1.54) is 14.2 Å². The quantitative estimate of drug-likeness (QED) is 0.638. The van der Waals surface area contributed by atoms with Crippen molar-refractivity contribution in [2.75, 3.05) is 14.2 Å². The molecule has 1 atom stereocenters. The summed E-state index contributed by atoms with van der Waals surface area (Å²) in [6.45, 7) is 2.01. The summed E-state index contributed by atoms with van der Waals surface area (Å²) in [6, 6.07) is 13.3. The SMILES string of the molecule is CON=C1CC(c2cccc(C(=O)OC)c2)Oc2cc(C)ccc21. The number of ether oxygens (including phenoxy) is 2. The summed E-state index contributed by atoms with van der Waals surface area (Å²) in [5.74, 6) is 0.403. The van der Waals surface area contributed by atoms with Crippen molar-refractivity contribution in [3.63, 3.8) is 0 Å². The highest BCUT2D eigenvalue weighted by Crippen LogP contribution is 2.36. The van der Waals surface area contributed by atoms with E-state index in [1.54, 1.807) is 12.1 Å². The summed E-state index contributed by atoms with van der Waals surface area (Å²) in [6.07, 6.45) is 0.326. The molecule has 5 heteroatoms. The van der Waals surface area contributed by atoms with Gasteiger partial charge in [-0.05, 0) is 42.3 Å². The number of carbonyl (C=O) groups is 1. The monoisotopic (exact) mass is 325 g/mol. The third-order valence-electron chi connectivity index (χ3n) is 3.98. The smallest absolute Gasteiger partial charge is 0.337 e. The molecule has 5 nitrogen and oxygen atoms in total. The van der Waals surface area contributed by atoms with E-state index in [2.05, 4.69) is 5.16 Å². The van der Waals surface area contributed by atoms with E-state index in [1.807, 2.05) is 37.3 Å². The minimum atomic E-state index is -0.366. The van der Waals surface area contributed by atoms with Crippen LogP contribution >= 0.6 is 0 Å². The molecule has 1 unspecified atom stereocenters. The Kier molecular flexibility index (Phi) is 4.51. The van der Waals surface area contributed by atoms with Crippen LogP contribution in [-0.4, -0.2) is 25.9 Å². The molecule has 0 saturated carbocycles. The molecule has 1 heterocycles. The highest BCUT2D eigenvalue weighted by molar-refractivity contribution is 6.04. The van der Waals surface area contributed by atoms with E-state index >= 15 is 0 Å². The van der Waals surface area contributed by atoms with Crippen LogP contribution in [0.25, 0.3) is 0 Å². The number of hydrogen-bond donors (Lipinski definition) is 0. The molecule has 1 aliphatic rings. The fourth-order valence-electron chi connectivity index (χ4n) is 2.81. The van der Waals surface area contributed by atoms with Gasteiger partial charge in [0.05, 0.1) is 18.4 Å². The normalized spacial score (nSPS) is 17.8. The summed E-state index contributed by atoms with van der Waals surface area (Å²) >= 11 is 0. The number of nitrogens with zero attached hydrogens (tertiary/aromatic N) is 1. The van der Waals surface area contributed by atoms with Crippen molar-refractivity contribution in [2.45, 2.75) is 19.4 Å². The van der Waals surface area contributed by atoms with Crippen LogP contribution < -0.4 is 4.74 Å². The zero-order valence-corrected chi connectivity index (χ0v) is 13.9. The molecule has 0 bridgehead atoms. The van der Waals surface area contributed by atoms with Crippen molar-refractivity contribution >= 4 is 11.7 Å². The molecule has 24 heavy (non-hydrogen) atoms. The number of rotatable bonds is 3. The fraction of sp³-hybridized carbons (Fsp3) is 0.263. The van der Waals surface area contributed by atoms with Gasteiger partial charge in [0.1, 0.15) is 19.0 Å². The Morgan fingerprint density at radius 2 is 2.04 bits per heavy atom. The van der Waals surface area contributed by atoms with Crippen molar-refractivity contribution in [3.8, 4) is 5.75 Å².